The number of benzene rings is 2. The number of nitrogens with zero attached hydrogens (tertiary/aromatic N) is 3. The van der Waals surface area contributed by atoms with E-state index >= 15 is 0 Å². The minimum atomic E-state index is -1.33. The van der Waals surface area contributed by atoms with Gasteiger partial charge in [-0.1, -0.05) is 17.7 Å². The van der Waals surface area contributed by atoms with E-state index in [9.17, 15) is 24.5 Å². The van der Waals surface area contributed by atoms with E-state index in [0.29, 0.717) is 34.8 Å². The van der Waals surface area contributed by atoms with Crippen LogP contribution in [-0.2, 0) is 19.9 Å². The molecule has 0 bridgehead atoms. The van der Waals surface area contributed by atoms with Gasteiger partial charge in [0.1, 0.15) is 5.54 Å². The van der Waals surface area contributed by atoms with Crippen molar-refractivity contribution in [2.45, 2.75) is 31.3 Å². The van der Waals surface area contributed by atoms with Crippen molar-refractivity contribution in [3.05, 3.63) is 62.7 Å². The molecule has 2 aromatic carbocycles. The number of aryl methyl sites for hydroxylation is 1. The minimum Gasteiger partial charge on any atom is -0.324 e. The van der Waals surface area contributed by atoms with Crippen LogP contribution in [0.25, 0.3) is 0 Å². The second kappa shape index (κ2) is 6.61. The van der Waals surface area contributed by atoms with Crippen molar-refractivity contribution in [2.24, 2.45) is 11.8 Å². The van der Waals surface area contributed by atoms with Gasteiger partial charge in [-0.25, -0.2) is 4.90 Å². The van der Waals surface area contributed by atoms with Crippen LogP contribution in [0.5, 0.6) is 0 Å². The van der Waals surface area contributed by atoms with Crippen LogP contribution in [-0.4, -0.2) is 40.1 Å². The maximum Gasteiger partial charge on any atom is 0.274 e. The molecule has 2 aromatic rings. The summed E-state index contributed by atoms with van der Waals surface area (Å²) in [6.45, 7) is 2.19. The fourth-order valence-electron chi connectivity index (χ4n) is 6.36. The van der Waals surface area contributed by atoms with Crippen LogP contribution < -0.4 is 10.2 Å². The average Bonchev–Trinajstić information content (AvgIpc) is 3.47. The molecule has 4 atom stereocenters. The number of carbonyl (C=O) groups excluding carboxylic acids is 3. The molecule has 10 heteroatoms. The third-order valence-corrected chi connectivity index (χ3v) is 7.84. The van der Waals surface area contributed by atoms with E-state index in [1.54, 1.807) is 25.1 Å². The summed E-state index contributed by atoms with van der Waals surface area (Å²) < 4.78 is 0. The number of halogens is 1. The molecule has 4 unspecified atom stereocenters. The number of nitro benzene ring substituents is 1. The number of nitrogens with one attached hydrogen (secondary N) is 1. The summed E-state index contributed by atoms with van der Waals surface area (Å²) in [5, 5.41) is 14.8. The summed E-state index contributed by atoms with van der Waals surface area (Å²) in [5.41, 5.74) is 0.279. The second-order valence-electron chi connectivity index (χ2n) is 9.06. The summed E-state index contributed by atoms with van der Waals surface area (Å²) in [5.74, 6) is -2.91. The van der Waals surface area contributed by atoms with Crippen molar-refractivity contribution in [1.82, 2.24) is 4.90 Å². The Hall–Kier alpha value is -3.30. The van der Waals surface area contributed by atoms with Gasteiger partial charge < -0.3 is 5.32 Å². The fourth-order valence-corrected chi connectivity index (χ4v) is 6.54. The van der Waals surface area contributed by atoms with Gasteiger partial charge in [-0.2, -0.15) is 0 Å². The zero-order valence-electron chi connectivity index (χ0n) is 17.6. The van der Waals surface area contributed by atoms with Crippen molar-refractivity contribution in [2.75, 3.05) is 16.8 Å². The summed E-state index contributed by atoms with van der Waals surface area (Å²) in [7, 11) is 0. The van der Waals surface area contributed by atoms with E-state index in [-0.39, 0.29) is 23.3 Å². The molecule has 0 radical (unpaired) electrons. The van der Waals surface area contributed by atoms with E-state index in [4.69, 9.17) is 11.6 Å². The molecule has 3 fully saturated rings. The first kappa shape index (κ1) is 20.3. The van der Waals surface area contributed by atoms with E-state index in [1.165, 1.54) is 18.2 Å². The number of amides is 3. The van der Waals surface area contributed by atoms with Crippen LogP contribution in [0.2, 0.25) is 5.02 Å². The first-order valence-corrected chi connectivity index (χ1v) is 11.2. The van der Waals surface area contributed by atoms with E-state index in [1.807, 2.05) is 4.90 Å². The van der Waals surface area contributed by atoms with Crippen molar-refractivity contribution < 1.29 is 19.3 Å². The summed E-state index contributed by atoms with van der Waals surface area (Å²) in [6, 6.07) is 9.13. The van der Waals surface area contributed by atoms with Gasteiger partial charge in [0.2, 0.25) is 17.7 Å². The lowest BCUT2D eigenvalue weighted by molar-refractivity contribution is -0.385. The molecular formula is C23H19ClN4O5. The molecule has 4 aliphatic heterocycles. The lowest BCUT2D eigenvalue weighted by atomic mass is 9.75. The molecule has 1 N–H and O–H groups in total. The highest BCUT2D eigenvalue weighted by Crippen LogP contribution is 2.61. The number of fused-ring (bicyclic) bond motifs is 7. The maximum absolute atomic E-state index is 13.9. The van der Waals surface area contributed by atoms with Crippen LogP contribution in [0.4, 0.5) is 17.1 Å². The summed E-state index contributed by atoms with van der Waals surface area (Å²) >= 11 is 6.29. The van der Waals surface area contributed by atoms with Gasteiger partial charge in [-0.05, 0) is 50.6 Å². The molecule has 1 spiro atoms. The lowest BCUT2D eigenvalue weighted by Gasteiger charge is -2.36. The highest BCUT2D eigenvalue weighted by molar-refractivity contribution is 6.31. The Morgan fingerprint density at radius 3 is 2.70 bits per heavy atom. The van der Waals surface area contributed by atoms with E-state index < -0.39 is 34.1 Å². The maximum atomic E-state index is 13.9. The van der Waals surface area contributed by atoms with Crippen molar-refractivity contribution in [3.8, 4) is 0 Å². The van der Waals surface area contributed by atoms with Crippen molar-refractivity contribution >= 4 is 46.4 Å². The standard InChI is InChI=1S/C23H19ClN4O5/c1-11-4-6-13(10-17(11)28(32)33)27-20(29)18-16-3-2-8-26(16)23(19(18)21(27)30)14-9-12(24)5-7-15(14)25-22(23)31/h4-7,9-10,16,18-19H,2-3,8H2,1H3,(H,25,31). The molecule has 3 saturated heterocycles. The highest BCUT2D eigenvalue weighted by Gasteiger charge is 2.74. The number of carbonyl (C=O) groups is 3. The van der Waals surface area contributed by atoms with Gasteiger partial charge in [0, 0.05) is 33.9 Å². The van der Waals surface area contributed by atoms with Gasteiger partial charge in [0.05, 0.1) is 22.4 Å². The quantitative estimate of drug-likeness (QED) is 0.413. The molecule has 0 aliphatic carbocycles. The fraction of sp³-hybridized carbons (Fsp3) is 0.348. The third kappa shape index (κ3) is 2.38. The summed E-state index contributed by atoms with van der Waals surface area (Å²) in [6.07, 6.45) is 1.49. The monoisotopic (exact) mass is 466 g/mol. The Bertz CT molecular complexity index is 1300. The predicted octanol–water partition coefficient (Wildman–Crippen LogP) is 2.99. The summed E-state index contributed by atoms with van der Waals surface area (Å²) in [4.78, 5) is 55.1. The van der Waals surface area contributed by atoms with E-state index in [0.717, 1.165) is 11.3 Å². The Morgan fingerprint density at radius 2 is 1.94 bits per heavy atom. The van der Waals surface area contributed by atoms with Gasteiger partial charge in [-0.3, -0.25) is 29.4 Å². The molecule has 168 valence electrons. The van der Waals surface area contributed by atoms with Crippen LogP contribution in [0.3, 0.4) is 0 Å². The first-order valence-electron chi connectivity index (χ1n) is 10.8. The van der Waals surface area contributed by atoms with Crippen LogP contribution in [0.1, 0.15) is 24.0 Å². The number of anilines is 2. The predicted molar refractivity (Wildman–Crippen MR) is 119 cm³/mol. The molecule has 33 heavy (non-hydrogen) atoms. The van der Waals surface area contributed by atoms with Crippen LogP contribution in [0.15, 0.2) is 36.4 Å². The third-order valence-electron chi connectivity index (χ3n) is 7.60. The molecule has 3 amide bonds. The molecule has 6 rings (SSSR count). The molecule has 9 nitrogen and oxygen atoms in total. The zero-order chi connectivity index (χ0) is 23.2. The number of imide groups is 1. The molecule has 4 aliphatic rings. The average molecular weight is 467 g/mol. The number of rotatable bonds is 2. The number of hydrogen-bond acceptors (Lipinski definition) is 6. The SMILES string of the molecule is Cc1ccc(N2C(=O)C3C4CCCN4C4(C(=O)Nc5ccc(Cl)cc54)C3C2=O)cc1[N+](=O)[O-]. The zero-order valence-corrected chi connectivity index (χ0v) is 18.3. The van der Waals surface area contributed by atoms with Crippen LogP contribution in [0, 0.1) is 28.9 Å². The van der Waals surface area contributed by atoms with Crippen LogP contribution >= 0.6 is 11.6 Å². The second-order valence-corrected chi connectivity index (χ2v) is 9.49. The Balaban J connectivity index is 1.54. The molecular weight excluding hydrogens is 448 g/mol. The molecule has 4 heterocycles. The van der Waals surface area contributed by atoms with Gasteiger partial charge >= 0.3 is 0 Å². The van der Waals surface area contributed by atoms with Gasteiger partial charge in [-0.15, -0.1) is 0 Å². The molecule has 0 saturated carbocycles. The Kier molecular flexibility index (Phi) is 4.07. The van der Waals surface area contributed by atoms with E-state index in [2.05, 4.69) is 5.32 Å². The largest absolute Gasteiger partial charge is 0.324 e. The number of hydrogen-bond donors (Lipinski definition) is 1. The first-order chi connectivity index (χ1) is 15.8. The lowest BCUT2D eigenvalue weighted by Crippen LogP contribution is -2.54. The minimum absolute atomic E-state index is 0.154. The van der Waals surface area contributed by atoms with Gasteiger partial charge in [0.15, 0.2) is 0 Å². The highest BCUT2D eigenvalue weighted by atomic mass is 35.5. The Morgan fingerprint density at radius 1 is 1.15 bits per heavy atom. The Labute approximate surface area is 193 Å². The van der Waals surface area contributed by atoms with Gasteiger partial charge in [0.25, 0.3) is 5.69 Å². The normalized spacial score (nSPS) is 30.1. The smallest absolute Gasteiger partial charge is 0.274 e. The van der Waals surface area contributed by atoms with Crippen molar-refractivity contribution in [3.63, 3.8) is 0 Å². The number of nitro groups is 1. The molecule has 0 aromatic heterocycles. The van der Waals surface area contributed by atoms with Crippen molar-refractivity contribution in [1.29, 1.82) is 0 Å². The topological polar surface area (TPSA) is 113 Å².